The minimum absolute atomic E-state index is 0.0125. The van der Waals surface area contributed by atoms with Crippen LogP contribution in [0.15, 0.2) is 47.6 Å². The smallest absolute Gasteiger partial charge is 0.262 e. The predicted octanol–water partition coefficient (Wildman–Crippen LogP) is 4.19. The molecule has 198 valence electrons. The lowest BCUT2D eigenvalue weighted by atomic mass is 9.97. The number of methoxy groups -OCH3 is 3. The predicted molar refractivity (Wildman–Crippen MR) is 137 cm³/mol. The highest BCUT2D eigenvalue weighted by Gasteiger charge is 2.36. The average molecular weight is 512 g/mol. The van der Waals surface area contributed by atoms with Gasteiger partial charge < -0.3 is 19.1 Å². The first-order valence-corrected chi connectivity index (χ1v) is 12.6. The van der Waals surface area contributed by atoms with Crippen LogP contribution < -0.4 is 9.47 Å². The lowest BCUT2D eigenvalue weighted by molar-refractivity contribution is -0.144. The van der Waals surface area contributed by atoms with Gasteiger partial charge in [-0.1, -0.05) is 25.0 Å². The minimum Gasteiger partial charge on any atom is -0.497 e. The minimum atomic E-state index is -0.444. The Bertz CT molecular complexity index is 1130. The lowest BCUT2D eigenvalue weighted by Gasteiger charge is -2.28. The van der Waals surface area contributed by atoms with Crippen LogP contribution in [0.2, 0.25) is 0 Å². The molecule has 1 fully saturated rings. The number of hydrogen-bond acceptors (Lipinski definition) is 6. The molecule has 0 N–H and O–H groups in total. The van der Waals surface area contributed by atoms with E-state index in [1.165, 1.54) is 17.1 Å². The molecule has 0 saturated heterocycles. The molecule has 0 unspecified atom stereocenters. The van der Waals surface area contributed by atoms with Gasteiger partial charge >= 0.3 is 0 Å². The van der Waals surface area contributed by atoms with E-state index in [0.29, 0.717) is 36.8 Å². The van der Waals surface area contributed by atoms with Gasteiger partial charge in [0, 0.05) is 37.6 Å². The molecule has 0 spiro atoms. The summed E-state index contributed by atoms with van der Waals surface area (Å²) < 4.78 is 29.8. The fourth-order valence-corrected chi connectivity index (χ4v) is 5.02. The monoisotopic (exact) mass is 511 g/mol. The maximum Gasteiger partial charge on any atom is 0.262 e. The number of rotatable bonds is 10. The fraction of sp³-hybridized carbons (Fsp3) is 0.464. The molecule has 4 rings (SSSR count). The molecule has 0 radical (unpaired) electrons. The molecule has 1 saturated carbocycles. The van der Waals surface area contributed by atoms with E-state index < -0.39 is 6.04 Å². The van der Waals surface area contributed by atoms with Gasteiger partial charge in [0.15, 0.2) is 0 Å². The summed E-state index contributed by atoms with van der Waals surface area (Å²) in [6.45, 7) is 0.563. The van der Waals surface area contributed by atoms with Crippen LogP contribution in [0, 0.1) is 11.7 Å². The van der Waals surface area contributed by atoms with Crippen LogP contribution in [0.4, 0.5) is 4.39 Å². The number of amides is 2. The van der Waals surface area contributed by atoms with E-state index in [0.717, 1.165) is 36.8 Å². The molecule has 1 heterocycles. The fourth-order valence-electron chi connectivity index (χ4n) is 5.02. The van der Waals surface area contributed by atoms with Crippen molar-refractivity contribution in [2.24, 2.45) is 11.0 Å². The lowest BCUT2D eigenvalue weighted by Crippen LogP contribution is -2.44. The first-order chi connectivity index (χ1) is 17.9. The Morgan fingerprint density at radius 1 is 1.05 bits per heavy atom. The van der Waals surface area contributed by atoms with E-state index in [2.05, 4.69) is 0 Å². The topological polar surface area (TPSA) is 80.7 Å². The van der Waals surface area contributed by atoms with Gasteiger partial charge in [0.1, 0.15) is 23.9 Å². The van der Waals surface area contributed by atoms with Gasteiger partial charge in [-0.2, -0.15) is 5.10 Å². The molecule has 2 aliphatic rings. The second kappa shape index (κ2) is 12.2. The first-order valence-electron chi connectivity index (χ1n) is 12.6. The molecule has 1 atom stereocenters. The van der Waals surface area contributed by atoms with Gasteiger partial charge in [0.05, 0.1) is 32.6 Å². The number of carbonyl (C=O) groups is 2. The zero-order chi connectivity index (χ0) is 26.4. The maximum absolute atomic E-state index is 13.7. The number of carbonyl (C=O) groups excluding carboxylic acids is 2. The van der Waals surface area contributed by atoms with Crippen LogP contribution in [-0.4, -0.2) is 68.5 Å². The van der Waals surface area contributed by atoms with Crippen LogP contribution in [0.3, 0.4) is 0 Å². The van der Waals surface area contributed by atoms with Crippen molar-refractivity contribution >= 4 is 17.5 Å². The first kappa shape index (κ1) is 26.6. The Morgan fingerprint density at radius 2 is 1.78 bits per heavy atom. The van der Waals surface area contributed by atoms with Gasteiger partial charge in [0.2, 0.25) is 5.91 Å². The van der Waals surface area contributed by atoms with E-state index >= 15 is 0 Å². The highest BCUT2D eigenvalue weighted by molar-refractivity contribution is 6.05. The Labute approximate surface area is 217 Å². The third-order valence-electron chi connectivity index (χ3n) is 7.05. The molecular formula is C28H34FN3O5. The quantitative estimate of drug-likeness (QED) is 0.478. The van der Waals surface area contributed by atoms with Gasteiger partial charge in [-0.25, -0.2) is 9.40 Å². The molecular weight excluding hydrogens is 477 g/mol. The van der Waals surface area contributed by atoms with Crippen molar-refractivity contribution in [3.05, 3.63) is 59.4 Å². The average Bonchev–Trinajstić information content (AvgIpc) is 3.61. The summed E-state index contributed by atoms with van der Waals surface area (Å²) in [7, 11) is 4.72. The number of halogens is 1. The van der Waals surface area contributed by atoms with Gasteiger partial charge in [0.25, 0.3) is 5.91 Å². The molecule has 8 nitrogen and oxygen atoms in total. The summed E-state index contributed by atoms with van der Waals surface area (Å²) in [5, 5.41) is 6.13. The van der Waals surface area contributed by atoms with Gasteiger partial charge in [-0.3, -0.25) is 9.59 Å². The second-order valence-electron chi connectivity index (χ2n) is 9.36. The van der Waals surface area contributed by atoms with Crippen molar-refractivity contribution in [1.29, 1.82) is 0 Å². The van der Waals surface area contributed by atoms with E-state index in [1.54, 1.807) is 44.4 Å². The molecule has 0 aromatic heterocycles. The van der Waals surface area contributed by atoms with Gasteiger partial charge in [-0.15, -0.1) is 0 Å². The maximum atomic E-state index is 13.7. The zero-order valence-corrected chi connectivity index (χ0v) is 21.6. The van der Waals surface area contributed by atoms with Crippen LogP contribution in [0.25, 0.3) is 0 Å². The van der Waals surface area contributed by atoms with Crippen molar-refractivity contribution in [2.75, 3.05) is 41.0 Å². The molecule has 1 aliphatic heterocycles. The Balaban J connectivity index is 1.64. The molecule has 2 aromatic carbocycles. The summed E-state index contributed by atoms with van der Waals surface area (Å²) in [5.74, 6) is 0.481. The third kappa shape index (κ3) is 6.10. The number of hydrazone groups is 1. The summed E-state index contributed by atoms with van der Waals surface area (Å²) in [6.07, 6.45) is 4.15. The summed E-state index contributed by atoms with van der Waals surface area (Å²) in [4.78, 5) is 28.5. The Morgan fingerprint density at radius 3 is 2.43 bits per heavy atom. The summed E-state index contributed by atoms with van der Waals surface area (Å²) in [5.41, 5.74) is 2.16. The number of ether oxygens (including phenoxy) is 3. The summed E-state index contributed by atoms with van der Waals surface area (Å²) >= 11 is 0. The van der Waals surface area contributed by atoms with Crippen molar-refractivity contribution < 1.29 is 28.2 Å². The standard InChI is InChI=1S/C28H34FN3O5/c1-35-15-14-31(28(34)20-6-4-5-7-20)18-27(33)32-25(19-8-10-21(29)11-9-19)17-24(30-32)23-13-12-22(36-2)16-26(23)37-3/h8-13,16,20,25H,4-7,14-15,17-18H2,1-3H3/t25-/m0/s1. The normalized spacial score (nSPS) is 17.6. The largest absolute Gasteiger partial charge is 0.497 e. The SMILES string of the molecule is COCCN(CC(=O)N1N=C(c2ccc(OC)cc2OC)C[C@H]1c1ccc(F)cc1)C(=O)C1CCCC1. The number of benzene rings is 2. The zero-order valence-electron chi connectivity index (χ0n) is 21.6. The van der Waals surface area contributed by atoms with Crippen molar-refractivity contribution in [3.8, 4) is 11.5 Å². The van der Waals surface area contributed by atoms with E-state index in [-0.39, 0.29) is 30.1 Å². The molecule has 37 heavy (non-hydrogen) atoms. The van der Waals surface area contributed by atoms with Crippen molar-refractivity contribution in [2.45, 2.75) is 38.1 Å². The third-order valence-corrected chi connectivity index (χ3v) is 7.05. The molecule has 0 bridgehead atoms. The Hall–Kier alpha value is -3.46. The molecule has 2 aromatic rings. The number of nitrogens with zero attached hydrogens (tertiary/aromatic N) is 3. The second-order valence-corrected chi connectivity index (χ2v) is 9.36. The van der Waals surface area contributed by atoms with Crippen LogP contribution in [0.1, 0.15) is 49.3 Å². The van der Waals surface area contributed by atoms with Gasteiger partial charge in [-0.05, 0) is 42.7 Å². The molecule has 1 aliphatic carbocycles. The van der Waals surface area contributed by atoms with E-state index in [1.807, 2.05) is 12.1 Å². The highest BCUT2D eigenvalue weighted by Crippen LogP contribution is 2.36. The van der Waals surface area contributed by atoms with E-state index in [4.69, 9.17) is 19.3 Å². The van der Waals surface area contributed by atoms with Crippen LogP contribution >= 0.6 is 0 Å². The number of hydrogen-bond donors (Lipinski definition) is 0. The molecule has 2 amide bonds. The van der Waals surface area contributed by atoms with Crippen LogP contribution in [0.5, 0.6) is 11.5 Å². The summed E-state index contributed by atoms with van der Waals surface area (Å²) in [6, 6.07) is 11.1. The van der Waals surface area contributed by atoms with E-state index in [9.17, 15) is 14.0 Å². The highest BCUT2D eigenvalue weighted by atomic mass is 19.1. The van der Waals surface area contributed by atoms with Crippen LogP contribution in [-0.2, 0) is 14.3 Å². The van der Waals surface area contributed by atoms with Crippen molar-refractivity contribution in [3.63, 3.8) is 0 Å². The Kier molecular flexibility index (Phi) is 8.76. The van der Waals surface area contributed by atoms with Crippen molar-refractivity contribution in [1.82, 2.24) is 9.91 Å². The molecule has 9 heteroatoms.